The molecule has 2 unspecified atom stereocenters. The fourth-order valence-corrected chi connectivity index (χ4v) is 3.62. The van der Waals surface area contributed by atoms with E-state index in [0.29, 0.717) is 12.5 Å². The molecule has 2 atom stereocenters. The molecule has 1 saturated heterocycles. The van der Waals surface area contributed by atoms with Crippen LogP contribution in [0.4, 0.5) is 0 Å². The molecule has 0 spiro atoms. The zero-order chi connectivity index (χ0) is 19.8. The van der Waals surface area contributed by atoms with E-state index in [4.69, 9.17) is 9.15 Å². The van der Waals surface area contributed by atoms with Crippen molar-refractivity contribution in [1.29, 1.82) is 0 Å². The van der Waals surface area contributed by atoms with Crippen molar-refractivity contribution in [2.24, 2.45) is 10.9 Å². The maximum absolute atomic E-state index is 5.94. The molecule has 28 heavy (non-hydrogen) atoms. The minimum atomic E-state index is 0.166. The fourth-order valence-electron chi connectivity index (χ4n) is 3.62. The van der Waals surface area contributed by atoms with Gasteiger partial charge in [-0.2, -0.15) is 0 Å². The summed E-state index contributed by atoms with van der Waals surface area (Å²) in [4.78, 5) is 8.97. The first-order valence-electron chi connectivity index (χ1n) is 9.94. The number of furan rings is 1. The molecule has 1 aromatic heterocycles. The molecule has 0 amide bonds. The van der Waals surface area contributed by atoms with Crippen LogP contribution in [0.15, 0.2) is 58.1 Å². The summed E-state index contributed by atoms with van der Waals surface area (Å²) in [6, 6.07) is 14.5. The summed E-state index contributed by atoms with van der Waals surface area (Å²) in [7, 11) is 5.97. The molecule has 1 N–H and O–H groups in total. The Kier molecular flexibility index (Phi) is 7.51. The number of hydrogen-bond acceptors (Lipinski definition) is 4. The zero-order valence-corrected chi connectivity index (χ0v) is 17.2. The van der Waals surface area contributed by atoms with Gasteiger partial charge in [-0.15, -0.1) is 0 Å². The van der Waals surface area contributed by atoms with Gasteiger partial charge in [-0.1, -0.05) is 30.3 Å². The molecule has 0 saturated carbocycles. The predicted molar refractivity (Wildman–Crippen MR) is 112 cm³/mol. The number of benzene rings is 1. The van der Waals surface area contributed by atoms with E-state index in [1.807, 2.05) is 25.2 Å². The number of hydrogen-bond donors (Lipinski definition) is 1. The summed E-state index contributed by atoms with van der Waals surface area (Å²) in [5.74, 6) is 2.45. The number of likely N-dealkylation sites (tertiary alicyclic amines) is 1. The highest BCUT2D eigenvalue weighted by atomic mass is 16.5. The SMILES string of the molecule is CN=C(NCC(c1ccco1)N(C)C)N1CCC(COCc2ccccc2)C1. The van der Waals surface area contributed by atoms with Crippen LogP contribution in [0.25, 0.3) is 0 Å². The quantitative estimate of drug-likeness (QED) is 0.560. The Morgan fingerprint density at radius 2 is 2.11 bits per heavy atom. The largest absolute Gasteiger partial charge is 0.468 e. The molecule has 1 fully saturated rings. The van der Waals surface area contributed by atoms with Crippen LogP contribution in [0.2, 0.25) is 0 Å². The molecule has 2 heterocycles. The molecule has 6 heteroatoms. The van der Waals surface area contributed by atoms with Crippen LogP contribution < -0.4 is 5.32 Å². The lowest BCUT2D eigenvalue weighted by molar-refractivity contribution is 0.0906. The van der Waals surface area contributed by atoms with E-state index in [9.17, 15) is 0 Å². The molecule has 1 aliphatic heterocycles. The van der Waals surface area contributed by atoms with E-state index < -0.39 is 0 Å². The van der Waals surface area contributed by atoms with Gasteiger partial charge in [0.05, 0.1) is 25.5 Å². The number of guanidine groups is 1. The van der Waals surface area contributed by atoms with Crippen LogP contribution in [0.1, 0.15) is 23.8 Å². The van der Waals surface area contributed by atoms with Crippen molar-refractivity contribution in [1.82, 2.24) is 15.1 Å². The molecular weight excluding hydrogens is 352 g/mol. The molecule has 0 aliphatic carbocycles. The van der Waals surface area contributed by atoms with Crippen molar-refractivity contribution in [3.63, 3.8) is 0 Å². The summed E-state index contributed by atoms with van der Waals surface area (Å²) < 4.78 is 11.5. The topological polar surface area (TPSA) is 53.2 Å². The third-order valence-electron chi connectivity index (χ3n) is 5.21. The van der Waals surface area contributed by atoms with E-state index >= 15 is 0 Å². The number of likely N-dealkylation sites (N-methyl/N-ethyl adjacent to an activating group) is 1. The second kappa shape index (κ2) is 10.3. The molecular formula is C22H32N4O2. The smallest absolute Gasteiger partial charge is 0.193 e. The van der Waals surface area contributed by atoms with Crippen molar-refractivity contribution in [3.8, 4) is 0 Å². The van der Waals surface area contributed by atoms with Gasteiger partial charge in [0, 0.05) is 32.6 Å². The van der Waals surface area contributed by atoms with E-state index in [2.05, 4.69) is 58.5 Å². The molecule has 2 aromatic rings. The Labute approximate surface area is 168 Å². The normalized spacial score (nSPS) is 18.6. The highest BCUT2D eigenvalue weighted by Gasteiger charge is 2.26. The summed E-state index contributed by atoms with van der Waals surface area (Å²) >= 11 is 0. The van der Waals surface area contributed by atoms with Crippen LogP contribution in [-0.2, 0) is 11.3 Å². The second-order valence-electron chi connectivity index (χ2n) is 7.52. The highest BCUT2D eigenvalue weighted by Crippen LogP contribution is 2.20. The van der Waals surface area contributed by atoms with E-state index in [0.717, 1.165) is 44.4 Å². The van der Waals surface area contributed by atoms with Crippen molar-refractivity contribution >= 4 is 5.96 Å². The van der Waals surface area contributed by atoms with Gasteiger partial charge in [0.1, 0.15) is 5.76 Å². The summed E-state index contributed by atoms with van der Waals surface area (Å²) in [5, 5.41) is 3.52. The molecule has 3 rings (SSSR count). The summed E-state index contributed by atoms with van der Waals surface area (Å²) in [5.41, 5.74) is 1.22. The Balaban J connectivity index is 1.45. The number of rotatable bonds is 8. The molecule has 0 bridgehead atoms. The van der Waals surface area contributed by atoms with Crippen molar-refractivity contribution in [2.75, 3.05) is 47.4 Å². The average Bonchev–Trinajstić information content (AvgIpc) is 3.38. The van der Waals surface area contributed by atoms with E-state index in [1.54, 1.807) is 6.26 Å². The van der Waals surface area contributed by atoms with Gasteiger partial charge in [0.2, 0.25) is 0 Å². The third-order valence-corrected chi connectivity index (χ3v) is 5.21. The van der Waals surface area contributed by atoms with Crippen molar-refractivity contribution in [2.45, 2.75) is 19.1 Å². The Hall–Kier alpha value is -2.31. The molecule has 1 aromatic carbocycles. The Bertz CT molecular complexity index is 715. The Morgan fingerprint density at radius 3 is 2.79 bits per heavy atom. The van der Waals surface area contributed by atoms with Crippen LogP contribution in [0, 0.1) is 5.92 Å². The van der Waals surface area contributed by atoms with Gasteiger partial charge in [-0.05, 0) is 38.2 Å². The van der Waals surface area contributed by atoms with Crippen LogP contribution in [0.5, 0.6) is 0 Å². The monoisotopic (exact) mass is 384 g/mol. The van der Waals surface area contributed by atoms with Gasteiger partial charge in [-0.3, -0.25) is 9.89 Å². The van der Waals surface area contributed by atoms with Gasteiger partial charge in [-0.25, -0.2) is 0 Å². The van der Waals surface area contributed by atoms with Gasteiger partial charge in [0.15, 0.2) is 5.96 Å². The highest BCUT2D eigenvalue weighted by molar-refractivity contribution is 5.80. The number of aliphatic imine (C=N–C) groups is 1. The van der Waals surface area contributed by atoms with Crippen molar-refractivity contribution < 1.29 is 9.15 Å². The van der Waals surface area contributed by atoms with Gasteiger partial charge >= 0.3 is 0 Å². The molecule has 1 aliphatic rings. The van der Waals surface area contributed by atoms with E-state index in [1.165, 1.54) is 5.56 Å². The number of nitrogens with zero attached hydrogens (tertiary/aromatic N) is 3. The van der Waals surface area contributed by atoms with Gasteiger partial charge in [0.25, 0.3) is 0 Å². The third kappa shape index (κ3) is 5.59. The maximum atomic E-state index is 5.94. The second-order valence-corrected chi connectivity index (χ2v) is 7.52. The van der Waals surface area contributed by atoms with Crippen LogP contribution in [0.3, 0.4) is 0 Å². The standard InChI is InChI=1S/C22H32N4O2/c1-23-22(24-14-20(25(2)3)21-10-7-13-28-21)26-12-11-19(15-26)17-27-16-18-8-5-4-6-9-18/h4-10,13,19-20H,11-12,14-17H2,1-3H3,(H,23,24). The molecule has 152 valence electrons. The summed E-state index contributed by atoms with van der Waals surface area (Å²) in [6.07, 6.45) is 2.85. The minimum absolute atomic E-state index is 0.166. The number of nitrogens with one attached hydrogen (secondary N) is 1. The lowest BCUT2D eigenvalue weighted by Crippen LogP contribution is -2.43. The molecule has 0 radical (unpaired) electrons. The lowest BCUT2D eigenvalue weighted by Gasteiger charge is -2.27. The maximum Gasteiger partial charge on any atom is 0.193 e. The first kappa shape index (κ1) is 20.4. The van der Waals surface area contributed by atoms with Crippen LogP contribution in [-0.4, -0.2) is 63.1 Å². The first-order chi connectivity index (χ1) is 13.7. The zero-order valence-electron chi connectivity index (χ0n) is 17.2. The van der Waals surface area contributed by atoms with Gasteiger partial charge < -0.3 is 19.4 Å². The fraction of sp³-hybridized carbons (Fsp3) is 0.500. The average molecular weight is 385 g/mol. The predicted octanol–water partition coefficient (Wildman–Crippen LogP) is 3.00. The van der Waals surface area contributed by atoms with E-state index in [-0.39, 0.29) is 6.04 Å². The van der Waals surface area contributed by atoms with Crippen LogP contribution >= 0.6 is 0 Å². The van der Waals surface area contributed by atoms with Crippen molar-refractivity contribution in [3.05, 3.63) is 60.1 Å². The first-order valence-corrected chi connectivity index (χ1v) is 9.94. The number of ether oxygens (including phenoxy) is 1. The lowest BCUT2D eigenvalue weighted by atomic mass is 10.1. The molecule has 6 nitrogen and oxygen atoms in total. The summed E-state index contributed by atoms with van der Waals surface area (Å²) in [6.45, 7) is 4.19. The Morgan fingerprint density at radius 1 is 1.29 bits per heavy atom. The minimum Gasteiger partial charge on any atom is -0.468 e.